The summed E-state index contributed by atoms with van der Waals surface area (Å²) in [6, 6.07) is 9.73. The fourth-order valence-corrected chi connectivity index (χ4v) is 5.13. The predicted octanol–water partition coefficient (Wildman–Crippen LogP) is 3.34. The molecule has 0 aliphatic carbocycles. The molecule has 0 unspecified atom stereocenters. The maximum absolute atomic E-state index is 12.4. The lowest BCUT2D eigenvalue weighted by Crippen LogP contribution is -2.51. The third-order valence-electron chi connectivity index (χ3n) is 7.41. The molecule has 1 aromatic carbocycles. The molecule has 0 bridgehead atoms. The van der Waals surface area contributed by atoms with Crippen LogP contribution in [0.15, 0.2) is 30.3 Å². The number of likely N-dealkylation sites (tertiary alicyclic amines) is 1. The third-order valence-corrected chi connectivity index (χ3v) is 7.41. The molecule has 0 saturated carbocycles. The van der Waals surface area contributed by atoms with Gasteiger partial charge in [-0.25, -0.2) is 4.79 Å². The minimum absolute atomic E-state index is 0.199. The number of piperidine rings is 1. The maximum Gasteiger partial charge on any atom is 0.410 e. The zero-order valence-electron chi connectivity index (χ0n) is 23.5. The van der Waals surface area contributed by atoms with Crippen molar-refractivity contribution in [3.63, 3.8) is 0 Å². The largest absolute Gasteiger partial charge is 0.507 e. The van der Waals surface area contributed by atoms with Crippen molar-refractivity contribution in [2.45, 2.75) is 45.3 Å². The number of aromatic nitrogens is 2. The van der Waals surface area contributed by atoms with E-state index in [4.69, 9.17) is 4.74 Å². The second kappa shape index (κ2) is 12.2. The Hall–Kier alpha value is -3.11. The first-order valence-corrected chi connectivity index (χ1v) is 13.6. The lowest BCUT2D eigenvalue weighted by molar-refractivity contribution is 0.0153. The Balaban J connectivity index is 1.25. The summed E-state index contributed by atoms with van der Waals surface area (Å²) in [4.78, 5) is 21.5. The molecule has 1 amide bonds. The summed E-state index contributed by atoms with van der Waals surface area (Å²) < 4.78 is 5.53. The number of carbonyl (C=O) groups is 1. The smallest absolute Gasteiger partial charge is 0.410 e. The van der Waals surface area contributed by atoms with Crippen LogP contribution in [0.1, 0.15) is 33.6 Å². The van der Waals surface area contributed by atoms with Gasteiger partial charge in [-0.1, -0.05) is 12.1 Å². The Morgan fingerprint density at radius 3 is 2.42 bits per heavy atom. The summed E-state index contributed by atoms with van der Waals surface area (Å²) in [5.74, 6) is 0.949. The molecule has 10 nitrogen and oxygen atoms in total. The van der Waals surface area contributed by atoms with Gasteiger partial charge >= 0.3 is 6.09 Å². The first-order valence-electron chi connectivity index (χ1n) is 13.6. The number of phenolic OH excluding ortho intramolecular Hbond substituents is 1. The highest BCUT2D eigenvalue weighted by atomic mass is 16.6. The van der Waals surface area contributed by atoms with Crippen LogP contribution in [0.4, 0.5) is 16.3 Å². The van der Waals surface area contributed by atoms with Crippen molar-refractivity contribution in [1.29, 1.82) is 0 Å². The molecule has 2 aliphatic rings. The maximum atomic E-state index is 12.4. The van der Waals surface area contributed by atoms with Crippen LogP contribution in [0.5, 0.6) is 5.75 Å². The first kappa shape index (κ1) is 27.9. The number of benzene rings is 1. The van der Waals surface area contributed by atoms with Gasteiger partial charge in [0.15, 0.2) is 5.82 Å². The number of hydrogen-bond acceptors (Lipinski definition) is 9. The molecule has 1 aromatic heterocycles. The molecule has 2 saturated heterocycles. The molecule has 2 aliphatic heterocycles. The van der Waals surface area contributed by atoms with Crippen LogP contribution in [-0.4, -0.2) is 114 Å². The molecule has 2 aromatic rings. The molecule has 38 heavy (non-hydrogen) atoms. The monoisotopic (exact) mass is 525 g/mol. The number of nitrogens with zero attached hydrogens (tertiary/aromatic N) is 6. The van der Waals surface area contributed by atoms with E-state index in [1.54, 1.807) is 12.1 Å². The SMILES string of the molecule is CNc1nnc(-c2ccccc2O)cc1N1CCN(CCN(C)C2CCN(C(=O)OC(C)(C)C)CC2)CC1. The number of para-hydroxylation sites is 1. The van der Waals surface area contributed by atoms with Crippen LogP contribution in [0.3, 0.4) is 0 Å². The van der Waals surface area contributed by atoms with Gasteiger partial charge in [-0.3, -0.25) is 4.90 Å². The van der Waals surface area contributed by atoms with E-state index in [-0.39, 0.29) is 11.8 Å². The number of amides is 1. The van der Waals surface area contributed by atoms with Crippen molar-refractivity contribution < 1.29 is 14.6 Å². The summed E-state index contributed by atoms with van der Waals surface area (Å²) in [5.41, 5.74) is 1.90. The van der Waals surface area contributed by atoms with Crippen molar-refractivity contribution in [3.05, 3.63) is 30.3 Å². The Bertz CT molecular complexity index is 1070. The number of anilines is 2. The molecule has 0 radical (unpaired) electrons. The Labute approximate surface area is 226 Å². The number of ether oxygens (including phenoxy) is 1. The van der Waals surface area contributed by atoms with Crippen LogP contribution in [0.25, 0.3) is 11.3 Å². The van der Waals surface area contributed by atoms with Crippen molar-refractivity contribution >= 4 is 17.6 Å². The van der Waals surface area contributed by atoms with E-state index in [0.717, 1.165) is 76.7 Å². The number of piperazine rings is 1. The van der Waals surface area contributed by atoms with Crippen LogP contribution in [-0.2, 0) is 4.74 Å². The predicted molar refractivity (Wildman–Crippen MR) is 151 cm³/mol. The lowest BCUT2D eigenvalue weighted by atomic mass is 10.0. The van der Waals surface area contributed by atoms with E-state index in [1.165, 1.54) is 0 Å². The second-order valence-corrected chi connectivity index (χ2v) is 11.2. The van der Waals surface area contributed by atoms with Crippen LogP contribution in [0.2, 0.25) is 0 Å². The molecule has 4 rings (SSSR count). The molecule has 2 fully saturated rings. The van der Waals surface area contributed by atoms with E-state index in [2.05, 4.69) is 37.3 Å². The zero-order valence-corrected chi connectivity index (χ0v) is 23.5. The van der Waals surface area contributed by atoms with E-state index in [9.17, 15) is 9.90 Å². The molecule has 3 heterocycles. The van der Waals surface area contributed by atoms with Crippen molar-refractivity contribution in [3.8, 4) is 17.0 Å². The quantitative estimate of drug-likeness (QED) is 0.564. The first-order chi connectivity index (χ1) is 18.1. The number of phenols is 1. The van der Waals surface area contributed by atoms with E-state index >= 15 is 0 Å². The molecule has 10 heteroatoms. The minimum atomic E-state index is -0.454. The minimum Gasteiger partial charge on any atom is -0.507 e. The van der Waals surface area contributed by atoms with Gasteiger partial charge in [0.25, 0.3) is 0 Å². The summed E-state index contributed by atoms with van der Waals surface area (Å²) in [6.45, 7) is 13.0. The number of nitrogens with one attached hydrogen (secondary N) is 1. The van der Waals surface area contributed by atoms with Gasteiger partial charge in [0.1, 0.15) is 11.4 Å². The van der Waals surface area contributed by atoms with E-state index in [0.29, 0.717) is 17.3 Å². The van der Waals surface area contributed by atoms with Crippen LogP contribution < -0.4 is 10.2 Å². The zero-order chi connectivity index (χ0) is 27.3. The van der Waals surface area contributed by atoms with Crippen LogP contribution in [0, 0.1) is 0 Å². The van der Waals surface area contributed by atoms with Gasteiger partial charge in [0, 0.05) is 71.0 Å². The molecule has 208 valence electrons. The summed E-state index contributed by atoms with van der Waals surface area (Å²) in [5, 5.41) is 22.2. The molecule has 0 atom stereocenters. The Morgan fingerprint density at radius 1 is 1.11 bits per heavy atom. The van der Waals surface area contributed by atoms with E-state index in [1.807, 2.05) is 50.9 Å². The highest BCUT2D eigenvalue weighted by Gasteiger charge is 2.29. The van der Waals surface area contributed by atoms with Crippen molar-refractivity contribution in [2.24, 2.45) is 0 Å². The Morgan fingerprint density at radius 2 is 1.79 bits per heavy atom. The van der Waals surface area contributed by atoms with Crippen molar-refractivity contribution in [1.82, 2.24) is 24.9 Å². The van der Waals surface area contributed by atoms with Gasteiger partial charge in [0.05, 0.1) is 11.4 Å². The number of aromatic hydroxyl groups is 1. The number of likely N-dealkylation sites (N-methyl/N-ethyl adjacent to an activating group) is 1. The number of hydrogen-bond donors (Lipinski definition) is 2. The Kier molecular flexibility index (Phi) is 8.94. The number of carbonyl (C=O) groups excluding carboxylic acids is 1. The molecular formula is C28H43N7O3. The third kappa shape index (κ3) is 7.05. The molecule has 2 N–H and O–H groups in total. The summed E-state index contributed by atoms with van der Waals surface area (Å²) in [7, 11) is 4.06. The average Bonchev–Trinajstić information content (AvgIpc) is 2.91. The standard InChI is InChI=1S/C28H43N7O3/c1-28(2,3)38-27(37)35-12-10-21(11-13-35)32(5)14-15-33-16-18-34(19-17-33)24-20-23(30-31-26(24)29-4)22-8-6-7-9-25(22)36/h6-9,20-21,36H,10-19H2,1-5H3,(H,29,31). The summed E-state index contributed by atoms with van der Waals surface area (Å²) >= 11 is 0. The van der Waals surface area contributed by atoms with Gasteiger partial charge in [-0.2, -0.15) is 0 Å². The van der Waals surface area contributed by atoms with Crippen molar-refractivity contribution in [2.75, 3.05) is 76.7 Å². The number of rotatable bonds is 7. The fourth-order valence-electron chi connectivity index (χ4n) is 5.13. The van der Waals surface area contributed by atoms with Crippen LogP contribution >= 0.6 is 0 Å². The molecule has 0 spiro atoms. The van der Waals surface area contributed by atoms with Gasteiger partial charge in [-0.15, -0.1) is 10.2 Å². The average molecular weight is 526 g/mol. The highest BCUT2D eigenvalue weighted by molar-refractivity contribution is 5.75. The van der Waals surface area contributed by atoms with Gasteiger partial charge in [0.2, 0.25) is 0 Å². The van der Waals surface area contributed by atoms with Gasteiger partial charge < -0.3 is 29.9 Å². The summed E-state index contributed by atoms with van der Waals surface area (Å²) in [6.07, 6.45) is 1.75. The fraction of sp³-hybridized carbons (Fsp3) is 0.607. The van der Waals surface area contributed by atoms with Gasteiger partial charge in [-0.05, 0) is 58.9 Å². The topological polar surface area (TPSA) is 97.3 Å². The lowest BCUT2D eigenvalue weighted by Gasteiger charge is -2.39. The second-order valence-electron chi connectivity index (χ2n) is 11.2. The van der Waals surface area contributed by atoms with E-state index < -0.39 is 5.60 Å². The molecular weight excluding hydrogens is 482 g/mol. The highest BCUT2D eigenvalue weighted by Crippen LogP contribution is 2.32. The normalized spacial score (nSPS) is 17.6.